The summed E-state index contributed by atoms with van der Waals surface area (Å²) >= 11 is 5.94. The van der Waals surface area contributed by atoms with Crippen LogP contribution in [0.1, 0.15) is 0 Å². The van der Waals surface area contributed by atoms with Crippen molar-refractivity contribution in [3.63, 3.8) is 0 Å². The molecule has 2 aromatic carbocycles. The number of hydrogen-bond acceptors (Lipinski definition) is 3. The van der Waals surface area contributed by atoms with Crippen LogP contribution in [0, 0.1) is 0 Å². The second-order valence-corrected chi connectivity index (χ2v) is 4.94. The van der Waals surface area contributed by atoms with Crippen LogP contribution in [-0.2, 0) is 0 Å². The minimum atomic E-state index is 0.700. The lowest BCUT2D eigenvalue weighted by Crippen LogP contribution is -1.88. The van der Waals surface area contributed by atoms with Crippen LogP contribution in [0.2, 0.25) is 5.02 Å². The van der Waals surface area contributed by atoms with Crippen molar-refractivity contribution >= 4 is 33.5 Å². The molecule has 5 heteroatoms. The van der Waals surface area contributed by atoms with Gasteiger partial charge in [-0.05, 0) is 18.2 Å². The Morgan fingerprint density at radius 1 is 0.850 bits per heavy atom. The predicted molar refractivity (Wildman–Crippen MR) is 79.6 cm³/mol. The zero-order chi connectivity index (χ0) is 13.5. The highest BCUT2D eigenvalue weighted by Crippen LogP contribution is 2.30. The van der Waals surface area contributed by atoms with E-state index in [1.54, 1.807) is 0 Å². The van der Waals surface area contributed by atoms with E-state index in [1.165, 1.54) is 0 Å². The van der Waals surface area contributed by atoms with E-state index < -0.39 is 0 Å². The quantitative estimate of drug-likeness (QED) is 0.576. The Labute approximate surface area is 119 Å². The summed E-state index contributed by atoms with van der Waals surface area (Å²) in [6.07, 6.45) is 0. The van der Waals surface area contributed by atoms with Crippen molar-refractivity contribution in [1.29, 1.82) is 0 Å². The van der Waals surface area contributed by atoms with E-state index >= 15 is 0 Å². The van der Waals surface area contributed by atoms with Gasteiger partial charge >= 0.3 is 0 Å². The molecule has 0 radical (unpaired) electrons. The second-order valence-electron chi connectivity index (χ2n) is 4.51. The van der Waals surface area contributed by atoms with Gasteiger partial charge in [0.15, 0.2) is 0 Å². The van der Waals surface area contributed by atoms with Crippen LogP contribution in [-0.4, -0.2) is 20.4 Å². The summed E-state index contributed by atoms with van der Waals surface area (Å²) in [7, 11) is 0. The van der Waals surface area contributed by atoms with Gasteiger partial charge in [0.05, 0.1) is 5.52 Å². The van der Waals surface area contributed by atoms with Crippen LogP contribution in [0.3, 0.4) is 0 Å². The Bertz CT molecular complexity index is 912. The van der Waals surface area contributed by atoms with Crippen LogP contribution in [0.15, 0.2) is 48.5 Å². The number of pyridine rings is 1. The van der Waals surface area contributed by atoms with E-state index in [4.69, 9.17) is 16.6 Å². The molecule has 0 aliphatic carbocycles. The maximum absolute atomic E-state index is 5.94. The maximum Gasteiger partial charge on any atom is 0.139 e. The van der Waals surface area contributed by atoms with Crippen LogP contribution >= 0.6 is 11.6 Å². The van der Waals surface area contributed by atoms with E-state index in [2.05, 4.69) is 15.4 Å². The summed E-state index contributed by atoms with van der Waals surface area (Å²) in [6, 6.07) is 15.5. The number of rotatable bonds is 1. The SMILES string of the molecule is Clc1ccc(-c2nc3ccccc3c3n[nH]nc23)cc1. The highest BCUT2D eigenvalue weighted by molar-refractivity contribution is 6.30. The minimum absolute atomic E-state index is 0.700. The number of nitrogens with one attached hydrogen (secondary N) is 1. The van der Waals surface area contributed by atoms with Crippen molar-refractivity contribution in [3.05, 3.63) is 53.6 Å². The third-order valence-corrected chi connectivity index (χ3v) is 3.53. The lowest BCUT2D eigenvalue weighted by molar-refractivity contribution is 0.960. The lowest BCUT2D eigenvalue weighted by atomic mass is 10.1. The molecule has 2 aromatic heterocycles. The van der Waals surface area contributed by atoms with Crippen LogP contribution in [0.5, 0.6) is 0 Å². The molecule has 4 aromatic rings. The van der Waals surface area contributed by atoms with Crippen molar-refractivity contribution in [2.45, 2.75) is 0 Å². The van der Waals surface area contributed by atoms with Gasteiger partial charge in [-0.25, -0.2) is 4.98 Å². The summed E-state index contributed by atoms with van der Waals surface area (Å²) in [5.74, 6) is 0. The summed E-state index contributed by atoms with van der Waals surface area (Å²) in [6.45, 7) is 0. The van der Waals surface area contributed by atoms with Gasteiger partial charge in [-0.1, -0.05) is 41.9 Å². The number of nitrogens with zero attached hydrogens (tertiary/aromatic N) is 3. The fourth-order valence-electron chi connectivity index (χ4n) is 2.34. The highest BCUT2D eigenvalue weighted by atomic mass is 35.5. The lowest BCUT2D eigenvalue weighted by Gasteiger charge is -2.04. The number of benzene rings is 2. The second kappa shape index (κ2) is 4.28. The Morgan fingerprint density at radius 3 is 2.45 bits per heavy atom. The monoisotopic (exact) mass is 280 g/mol. The number of halogens is 1. The largest absolute Gasteiger partial charge is 0.245 e. The molecule has 0 fully saturated rings. The Kier molecular flexibility index (Phi) is 2.44. The Hall–Kier alpha value is -2.46. The number of fused-ring (bicyclic) bond motifs is 3. The van der Waals surface area contributed by atoms with Crippen LogP contribution in [0.25, 0.3) is 33.2 Å². The number of para-hydroxylation sites is 1. The number of aromatic amines is 1. The predicted octanol–water partition coefficient (Wildman–Crippen LogP) is 3.83. The van der Waals surface area contributed by atoms with Crippen molar-refractivity contribution in [2.75, 3.05) is 0 Å². The van der Waals surface area contributed by atoms with E-state index in [0.717, 1.165) is 33.2 Å². The van der Waals surface area contributed by atoms with E-state index in [9.17, 15) is 0 Å². The molecule has 0 amide bonds. The minimum Gasteiger partial charge on any atom is -0.245 e. The molecule has 1 N–H and O–H groups in total. The zero-order valence-electron chi connectivity index (χ0n) is 10.3. The van der Waals surface area contributed by atoms with Gasteiger partial charge in [-0.2, -0.15) is 15.4 Å². The van der Waals surface area contributed by atoms with Crippen LogP contribution < -0.4 is 0 Å². The van der Waals surface area contributed by atoms with Gasteiger partial charge in [-0.3, -0.25) is 0 Å². The zero-order valence-corrected chi connectivity index (χ0v) is 11.1. The Balaban J connectivity index is 2.11. The molecule has 0 atom stereocenters. The van der Waals surface area contributed by atoms with Crippen molar-refractivity contribution < 1.29 is 0 Å². The molecule has 4 nitrogen and oxygen atoms in total. The fourth-order valence-corrected chi connectivity index (χ4v) is 2.46. The van der Waals surface area contributed by atoms with Gasteiger partial charge in [0.1, 0.15) is 16.7 Å². The van der Waals surface area contributed by atoms with Gasteiger partial charge in [0, 0.05) is 16.0 Å². The highest BCUT2D eigenvalue weighted by Gasteiger charge is 2.13. The van der Waals surface area contributed by atoms with E-state index in [1.807, 2.05) is 48.5 Å². The first-order chi connectivity index (χ1) is 9.83. The average molecular weight is 281 g/mol. The summed E-state index contributed by atoms with van der Waals surface area (Å²) in [5.41, 5.74) is 4.29. The van der Waals surface area contributed by atoms with Crippen molar-refractivity contribution in [3.8, 4) is 11.3 Å². The number of H-pyrrole nitrogens is 1. The normalized spacial score (nSPS) is 11.2. The fraction of sp³-hybridized carbons (Fsp3) is 0. The first-order valence-electron chi connectivity index (χ1n) is 6.18. The van der Waals surface area contributed by atoms with Crippen molar-refractivity contribution in [2.24, 2.45) is 0 Å². The molecule has 0 aliphatic heterocycles. The molecule has 20 heavy (non-hydrogen) atoms. The molecule has 0 bridgehead atoms. The van der Waals surface area contributed by atoms with Gasteiger partial charge in [0.2, 0.25) is 0 Å². The molecule has 4 rings (SSSR count). The van der Waals surface area contributed by atoms with Crippen LogP contribution in [0.4, 0.5) is 0 Å². The maximum atomic E-state index is 5.94. The topological polar surface area (TPSA) is 54.5 Å². The first-order valence-corrected chi connectivity index (χ1v) is 6.56. The average Bonchev–Trinajstić information content (AvgIpc) is 2.97. The third kappa shape index (κ3) is 1.66. The molecule has 0 saturated carbocycles. The standard InChI is InChI=1S/C15H9ClN4/c16-10-7-5-9(6-8-10)13-15-14(18-20-19-15)11-3-1-2-4-12(11)17-13/h1-8H,(H,18,19,20). The molecule has 0 aliphatic rings. The summed E-state index contributed by atoms with van der Waals surface area (Å²) < 4.78 is 0. The van der Waals surface area contributed by atoms with Gasteiger partial charge in [0.25, 0.3) is 0 Å². The molecule has 96 valence electrons. The van der Waals surface area contributed by atoms with E-state index in [0.29, 0.717) is 5.02 Å². The molecule has 2 heterocycles. The molecule has 0 unspecified atom stereocenters. The molecular weight excluding hydrogens is 272 g/mol. The number of hydrogen-bond donors (Lipinski definition) is 1. The summed E-state index contributed by atoms with van der Waals surface area (Å²) in [4.78, 5) is 4.71. The van der Waals surface area contributed by atoms with E-state index in [-0.39, 0.29) is 0 Å². The smallest absolute Gasteiger partial charge is 0.139 e. The van der Waals surface area contributed by atoms with Gasteiger partial charge in [-0.15, -0.1) is 0 Å². The molecular formula is C15H9ClN4. The van der Waals surface area contributed by atoms with Crippen molar-refractivity contribution in [1.82, 2.24) is 20.4 Å². The first kappa shape index (κ1) is 11.4. The van der Waals surface area contributed by atoms with Gasteiger partial charge < -0.3 is 0 Å². The molecule has 0 saturated heterocycles. The molecule has 0 spiro atoms. The Morgan fingerprint density at radius 2 is 1.60 bits per heavy atom. The number of aromatic nitrogens is 4. The third-order valence-electron chi connectivity index (χ3n) is 3.28. The summed E-state index contributed by atoms with van der Waals surface area (Å²) in [5, 5.41) is 12.9.